The van der Waals surface area contributed by atoms with Crippen LogP contribution in [0.2, 0.25) is 0 Å². The summed E-state index contributed by atoms with van der Waals surface area (Å²) in [6.45, 7) is 4.27. The molecule has 0 radical (unpaired) electrons. The topological polar surface area (TPSA) is 25.8 Å². The lowest BCUT2D eigenvalue weighted by Crippen LogP contribution is -2.13. The van der Waals surface area contributed by atoms with E-state index in [0.29, 0.717) is 5.82 Å². The number of nitrogens with zero attached hydrogens (tertiary/aromatic N) is 2. The molecule has 0 saturated heterocycles. The molecule has 3 rings (SSSR count). The van der Waals surface area contributed by atoms with Gasteiger partial charge in [-0.2, -0.15) is 0 Å². The van der Waals surface area contributed by atoms with Crippen LogP contribution in [-0.4, -0.2) is 9.97 Å². The Morgan fingerprint density at radius 1 is 0.960 bits per heavy atom. The van der Waals surface area contributed by atoms with E-state index in [-0.39, 0.29) is 0 Å². The van der Waals surface area contributed by atoms with Crippen molar-refractivity contribution in [1.29, 1.82) is 0 Å². The molecule has 0 N–H and O–H groups in total. The second-order valence-corrected chi connectivity index (χ2v) is 7.32. The highest BCUT2D eigenvalue weighted by molar-refractivity contribution is 5.40. The number of rotatable bonds is 4. The van der Waals surface area contributed by atoms with E-state index in [2.05, 4.69) is 53.0 Å². The molecule has 2 aromatic rings. The molecule has 1 aromatic carbocycles. The van der Waals surface area contributed by atoms with Gasteiger partial charge in [-0.1, -0.05) is 44.2 Å². The minimum Gasteiger partial charge on any atom is -0.229 e. The SMILES string of the molecule is CCCCC1CCC(c2ccc(C#Cc3ncc(C)cn3)cc2)CC1. The highest BCUT2D eigenvalue weighted by atomic mass is 14.8. The lowest BCUT2D eigenvalue weighted by atomic mass is 9.77. The molecule has 1 aromatic heterocycles. The van der Waals surface area contributed by atoms with Crippen LogP contribution in [0.25, 0.3) is 0 Å². The van der Waals surface area contributed by atoms with Crippen molar-refractivity contribution in [3.05, 3.63) is 59.2 Å². The van der Waals surface area contributed by atoms with E-state index < -0.39 is 0 Å². The molecule has 0 bridgehead atoms. The molecule has 2 nitrogen and oxygen atoms in total. The van der Waals surface area contributed by atoms with Crippen molar-refractivity contribution in [3.63, 3.8) is 0 Å². The van der Waals surface area contributed by atoms with Crippen LogP contribution in [0.1, 0.15) is 80.3 Å². The fourth-order valence-electron chi connectivity index (χ4n) is 3.70. The molecule has 2 heteroatoms. The van der Waals surface area contributed by atoms with E-state index >= 15 is 0 Å². The largest absolute Gasteiger partial charge is 0.229 e. The Morgan fingerprint density at radius 3 is 2.28 bits per heavy atom. The van der Waals surface area contributed by atoms with Crippen LogP contribution in [-0.2, 0) is 0 Å². The van der Waals surface area contributed by atoms with Gasteiger partial charge in [0.2, 0.25) is 5.82 Å². The van der Waals surface area contributed by atoms with Crippen LogP contribution >= 0.6 is 0 Å². The summed E-state index contributed by atoms with van der Waals surface area (Å²) in [5.74, 6) is 8.49. The minimum absolute atomic E-state index is 0.583. The zero-order chi connectivity index (χ0) is 17.5. The van der Waals surface area contributed by atoms with Gasteiger partial charge in [0.25, 0.3) is 0 Å². The first-order valence-corrected chi connectivity index (χ1v) is 9.65. The molecule has 25 heavy (non-hydrogen) atoms. The third-order valence-corrected chi connectivity index (χ3v) is 5.29. The molecule has 0 aliphatic heterocycles. The van der Waals surface area contributed by atoms with Gasteiger partial charge in [0.15, 0.2) is 0 Å². The number of aromatic nitrogens is 2. The fraction of sp³-hybridized carbons (Fsp3) is 0.478. The van der Waals surface area contributed by atoms with Gasteiger partial charge in [-0.05, 0) is 73.6 Å². The van der Waals surface area contributed by atoms with Gasteiger partial charge in [-0.15, -0.1) is 0 Å². The molecule has 0 amide bonds. The summed E-state index contributed by atoms with van der Waals surface area (Å²) in [5, 5.41) is 0. The first-order chi connectivity index (χ1) is 12.2. The van der Waals surface area contributed by atoms with Crippen LogP contribution < -0.4 is 0 Å². The summed E-state index contributed by atoms with van der Waals surface area (Å²) in [4.78, 5) is 8.46. The Bertz CT molecular complexity index is 711. The number of benzene rings is 1. The Kier molecular flexibility index (Phi) is 6.23. The van der Waals surface area contributed by atoms with Crippen LogP contribution in [0, 0.1) is 24.7 Å². The van der Waals surface area contributed by atoms with Crippen LogP contribution in [0.5, 0.6) is 0 Å². The molecule has 1 saturated carbocycles. The first kappa shape index (κ1) is 17.7. The Morgan fingerprint density at radius 2 is 1.64 bits per heavy atom. The van der Waals surface area contributed by atoms with Gasteiger partial charge >= 0.3 is 0 Å². The molecule has 0 atom stereocenters. The Balaban J connectivity index is 1.57. The molecule has 0 spiro atoms. The maximum absolute atomic E-state index is 4.23. The summed E-state index contributed by atoms with van der Waals surface area (Å²) in [5.41, 5.74) is 3.56. The van der Waals surface area contributed by atoms with E-state index in [1.54, 1.807) is 12.4 Å². The van der Waals surface area contributed by atoms with E-state index in [9.17, 15) is 0 Å². The predicted octanol–water partition coefficient (Wildman–Crippen LogP) is 5.65. The maximum Gasteiger partial charge on any atom is 0.205 e. The van der Waals surface area contributed by atoms with Gasteiger partial charge in [0, 0.05) is 18.0 Å². The molecule has 1 aliphatic carbocycles. The zero-order valence-corrected chi connectivity index (χ0v) is 15.5. The van der Waals surface area contributed by atoms with E-state index in [4.69, 9.17) is 0 Å². The molecule has 1 fully saturated rings. The summed E-state index contributed by atoms with van der Waals surface area (Å²) in [6.07, 6.45) is 13.2. The van der Waals surface area contributed by atoms with Crippen molar-refractivity contribution in [2.75, 3.05) is 0 Å². The summed E-state index contributed by atoms with van der Waals surface area (Å²) < 4.78 is 0. The lowest BCUT2D eigenvalue weighted by molar-refractivity contribution is 0.304. The molecule has 1 heterocycles. The van der Waals surface area contributed by atoms with Gasteiger partial charge < -0.3 is 0 Å². The third-order valence-electron chi connectivity index (χ3n) is 5.29. The number of aryl methyl sites for hydroxylation is 1. The maximum atomic E-state index is 4.23. The summed E-state index contributed by atoms with van der Waals surface area (Å²) in [6, 6.07) is 8.80. The van der Waals surface area contributed by atoms with Gasteiger partial charge in [-0.3, -0.25) is 0 Å². The van der Waals surface area contributed by atoms with Crippen LogP contribution in [0.15, 0.2) is 36.7 Å². The average molecular weight is 332 g/mol. The Hall–Kier alpha value is -2.14. The number of hydrogen-bond donors (Lipinski definition) is 0. The van der Waals surface area contributed by atoms with Crippen molar-refractivity contribution in [2.24, 2.45) is 5.92 Å². The zero-order valence-electron chi connectivity index (χ0n) is 15.5. The van der Waals surface area contributed by atoms with E-state index in [0.717, 1.165) is 23.0 Å². The van der Waals surface area contributed by atoms with E-state index in [1.807, 2.05) is 6.92 Å². The smallest absolute Gasteiger partial charge is 0.205 e. The monoisotopic (exact) mass is 332 g/mol. The highest BCUT2D eigenvalue weighted by Crippen LogP contribution is 2.37. The standard InChI is InChI=1S/C23H28N2/c1-3-4-5-19-6-11-21(12-7-19)22-13-8-20(9-14-22)10-15-23-24-16-18(2)17-25-23/h8-9,13-14,16-17,19,21H,3-7,11-12H2,1-2H3. The van der Waals surface area contributed by atoms with Crippen molar-refractivity contribution in [2.45, 2.75) is 64.7 Å². The average Bonchev–Trinajstić information content (AvgIpc) is 2.67. The molecule has 130 valence electrons. The number of unbranched alkanes of at least 4 members (excludes halogenated alkanes) is 1. The highest BCUT2D eigenvalue weighted by Gasteiger charge is 2.21. The second-order valence-electron chi connectivity index (χ2n) is 7.32. The third kappa shape index (κ3) is 5.16. The molecular weight excluding hydrogens is 304 g/mol. The van der Waals surface area contributed by atoms with E-state index in [1.165, 1.54) is 50.5 Å². The van der Waals surface area contributed by atoms with Crippen LogP contribution in [0.4, 0.5) is 0 Å². The van der Waals surface area contributed by atoms with Crippen molar-refractivity contribution in [1.82, 2.24) is 9.97 Å². The molecular formula is C23H28N2. The Labute approximate surface area is 152 Å². The second kappa shape index (κ2) is 8.81. The van der Waals surface area contributed by atoms with Gasteiger partial charge in [-0.25, -0.2) is 9.97 Å². The number of hydrogen-bond acceptors (Lipinski definition) is 2. The van der Waals surface area contributed by atoms with Crippen molar-refractivity contribution in [3.8, 4) is 11.8 Å². The lowest BCUT2D eigenvalue weighted by Gasteiger charge is -2.28. The molecule has 1 aliphatic rings. The molecule has 0 unspecified atom stereocenters. The predicted molar refractivity (Wildman–Crippen MR) is 103 cm³/mol. The quantitative estimate of drug-likeness (QED) is 0.676. The fourth-order valence-corrected chi connectivity index (χ4v) is 3.70. The van der Waals surface area contributed by atoms with Gasteiger partial charge in [0.1, 0.15) is 0 Å². The van der Waals surface area contributed by atoms with Gasteiger partial charge in [0.05, 0.1) is 0 Å². The normalized spacial score (nSPS) is 19.9. The van der Waals surface area contributed by atoms with Crippen molar-refractivity contribution >= 4 is 0 Å². The van der Waals surface area contributed by atoms with Crippen molar-refractivity contribution < 1.29 is 0 Å². The summed E-state index contributed by atoms with van der Waals surface area (Å²) >= 11 is 0. The first-order valence-electron chi connectivity index (χ1n) is 9.65. The summed E-state index contributed by atoms with van der Waals surface area (Å²) in [7, 11) is 0. The van der Waals surface area contributed by atoms with Crippen LogP contribution in [0.3, 0.4) is 0 Å². The minimum atomic E-state index is 0.583.